The maximum Gasteiger partial charge on any atom is 0.122 e. The summed E-state index contributed by atoms with van der Waals surface area (Å²) in [5.74, 6) is 1.41. The molecule has 0 radical (unpaired) electrons. The molecule has 0 spiro atoms. The van der Waals surface area contributed by atoms with Crippen LogP contribution < -0.4 is 4.74 Å². The van der Waals surface area contributed by atoms with Gasteiger partial charge < -0.3 is 9.84 Å². The second kappa shape index (κ2) is 5.27. The third kappa shape index (κ3) is 2.22. The molecule has 0 bridgehead atoms. The van der Waals surface area contributed by atoms with Crippen LogP contribution in [-0.2, 0) is 19.4 Å². The maximum atomic E-state index is 9.99. The SMILES string of the molecule is COc1cc2c(cc1C)[C@@H]1Cc3ccc(O)c(C)c3CN1CC2. The minimum Gasteiger partial charge on any atom is -0.508 e. The van der Waals surface area contributed by atoms with E-state index in [-0.39, 0.29) is 0 Å². The number of hydrogen-bond donors (Lipinski definition) is 1. The van der Waals surface area contributed by atoms with Crippen molar-refractivity contribution in [2.45, 2.75) is 39.3 Å². The molecule has 0 saturated carbocycles. The van der Waals surface area contributed by atoms with E-state index in [1.807, 2.05) is 13.0 Å². The molecule has 0 aromatic heterocycles. The molecule has 1 atom stereocenters. The predicted molar refractivity (Wildman–Crippen MR) is 91.1 cm³/mol. The fraction of sp³-hybridized carbons (Fsp3) is 0.400. The van der Waals surface area contributed by atoms with Crippen molar-refractivity contribution in [1.82, 2.24) is 4.90 Å². The van der Waals surface area contributed by atoms with Crippen LogP contribution >= 0.6 is 0 Å². The largest absolute Gasteiger partial charge is 0.508 e. The Hall–Kier alpha value is -2.00. The number of nitrogens with zero attached hydrogens (tertiary/aromatic N) is 1. The summed E-state index contributed by atoms with van der Waals surface area (Å²) in [6, 6.07) is 8.91. The van der Waals surface area contributed by atoms with Gasteiger partial charge in [-0.25, -0.2) is 0 Å². The topological polar surface area (TPSA) is 32.7 Å². The van der Waals surface area contributed by atoms with Crippen molar-refractivity contribution in [1.29, 1.82) is 0 Å². The number of ether oxygens (including phenoxy) is 1. The van der Waals surface area contributed by atoms with Gasteiger partial charge in [-0.05, 0) is 72.2 Å². The fourth-order valence-corrected chi connectivity index (χ4v) is 4.17. The molecule has 0 unspecified atom stereocenters. The highest BCUT2D eigenvalue weighted by molar-refractivity contribution is 5.49. The van der Waals surface area contributed by atoms with Gasteiger partial charge in [0.1, 0.15) is 11.5 Å². The lowest BCUT2D eigenvalue weighted by molar-refractivity contribution is 0.160. The number of aryl methyl sites for hydroxylation is 1. The van der Waals surface area contributed by atoms with Crippen molar-refractivity contribution in [3.05, 3.63) is 57.6 Å². The number of phenols is 1. The van der Waals surface area contributed by atoms with Crippen LogP contribution in [0.3, 0.4) is 0 Å². The summed E-state index contributed by atoms with van der Waals surface area (Å²) in [6.07, 6.45) is 2.09. The summed E-state index contributed by atoms with van der Waals surface area (Å²) in [7, 11) is 1.75. The van der Waals surface area contributed by atoms with Crippen molar-refractivity contribution in [2.75, 3.05) is 13.7 Å². The summed E-state index contributed by atoms with van der Waals surface area (Å²) >= 11 is 0. The van der Waals surface area contributed by atoms with E-state index in [0.29, 0.717) is 11.8 Å². The second-order valence-corrected chi connectivity index (χ2v) is 6.81. The second-order valence-electron chi connectivity index (χ2n) is 6.81. The lowest BCUT2D eigenvalue weighted by Crippen LogP contribution is -2.39. The van der Waals surface area contributed by atoms with Gasteiger partial charge in [0, 0.05) is 19.1 Å². The van der Waals surface area contributed by atoms with Crippen LogP contribution in [0, 0.1) is 13.8 Å². The first-order valence-electron chi connectivity index (χ1n) is 8.30. The van der Waals surface area contributed by atoms with Crippen LogP contribution in [0.15, 0.2) is 24.3 Å². The Balaban J connectivity index is 1.78. The van der Waals surface area contributed by atoms with Crippen LogP contribution in [0.5, 0.6) is 11.5 Å². The van der Waals surface area contributed by atoms with E-state index in [4.69, 9.17) is 4.74 Å². The molecule has 0 fully saturated rings. The monoisotopic (exact) mass is 309 g/mol. The molecule has 120 valence electrons. The van der Waals surface area contributed by atoms with Crippen molar-refractivity contribution in [3.63, 3.8) is 0 Å². The molecule has 4 rings (SSSR count). The molecule has 1 N–H and O–H groups in total. The highest BCUT2D eigenvalue weighted by Crippen LogP contribution is 2.41. The molecule has 23 heavy (non-hydrogen) atoms. The van der Waals surface area contributed by atoms with Gasteiger partial charge in [0.15, 0.2) is 0 Å². The molecule has 2 aliphatic heterocycles. The quantitative estimate of drug-likeness (QED) is 0.872. The van der Waals surface area contributed by atoms with Gasteiger partial charge in [-0.1, -0.05) is 12.1 Å². The normalized spacial score (nSPS) is 19.7. The van der Waals surface area contributed by atoms with Crippen LogP contribution in [0.25, 0.3) is 0 Å². The maximum absolute atomic E-state index is 9.99. The van der Waals surface area contributed by atoms with E-state index >= 15 is 0 Å². The van der Waals surface area contributed by atoms with Gasteiger partial charge in [-0.3, -0.25) is 4.90 Å². The molecule has 2 aromatic rings. The van der Waals surface area contributed by atoms with Crippen LogP contribution in [0.1, 0.15) is 39.4 Å². The highest BCUT2D eigenvalue weighted by atomic mass is 16.5. The standard InChI is InChI=1S/C20H23NO2/c1-12-8-16-15(10-20(12)23-3)6-7-21-11-17-13(2)19(22)5-4-14(17)9-18(16)21/h4-5,8,10,18,22H,6-7,9,11H2,1-3H3/t18-/m0/s1. The summed E-state index contributed by atoms with van der Waals surface area (Å²) in [5.41, 5.74) is 7.81. The van der Waals surface area contributed by atoms with E-state index < -0.39 is 0 Å². The average Bonchev–Trinajstić information content (AvgIpc) is 2.56. The first-order valence-corrected chi connectivity index (χ1v) is 8.30. The van der Waals surface area contributed by atoms with E-state index in [1.165, 1.54) is 27.8 Å². The van der Waals surface area contributed by atoms with Crippen molar-refractivity contribution in [2.24, 2.45) is 0 Å². The minimum absolute atomic E-state index is 0.417. The van der Waals surface area contributed by atoms with Gasteiger partial charge in [-0.2, -0.15) is 0 Å². The molecule has 3 nitrogen and oxygen atoms in total. The molecule has 3 heteroatoms. The minimum atomic E-state index is 0.417. The number of hydrogen-bond acceptors (Lipinski definition) is 3. The zero-order chi connectivity index (χ0) is 16.1. The molecule has 2 aliphatic rings. The molecule has 0 aliphatic carbocycles. The Labute approximate surface area is 137 Å². The van der Waals surface area contributed by atoms with Crippen LogP contribution in [-0.4, -0.2) is 23.7 Å². The summed E-state index contributed by atoms with van der Waals surface area (Å²) in [6.45, 7) is 6.15. The molecule has 0 saturated heterocycles. The molecule has 2 aromatic carbocycles. The zero-order valence-corrected chi connectivity index (χ0v) is 14.0. The number of rotatable bonds is 1. The zero-order valence-electron chi connectivity index (χ0n) is 14.0. The average molecular weight is 309 g/mol. The lowest BCUT2D eigenvalue weighted by Gasteiger charge is -2.42. The molecule has 0 amide bonds. The number of aromatic hydroxyl groups is 1. The predicted octanol–water partition coefficient (Wildman–Crippen LogP) is 3.67. The number of methoxy groups -OCH3 is 1. The Morgan fingerprint density at radius 1 is 1.17 bits per heavy atom. The van der Waals surface area contributed by atoms with E-state index in [0.717, 1.165) is 37.2 Å². The Bertz CT molecular complexity index is 782. The Morgan fingerprint density at radius 2 is 2.00 bits per heavy atom. The van der Waals surface area contributed by atoms with Gasteiger partial charge >= 0.3 is 0 Å². The van der Waals surface area contributed by atoms with Crippen molar-refractivity contribution < 1.29 is 9.84 Å². The smallest absolute Gasteiger partial charge is 0.122 e. The molecular weight excluding hydrogens is 286 g/mol. The van der Waals surface area contributed by atoms with Crippen molar-refractivity contribution >= 4 is 0 Å². The van der Waals surface area contributed by atoms with Gasteiger partial charge in [0.05, 0.1) is 7.11 Å². The van der Waals surface area contributed by atoms with E-state index in [9.17, 15) is 5.11 Å². The van der Waals surface area contributed by atoms with Gasteiger partial charge in [-0.15, -0.1) is 0 Å². The van der Waals surface area contributed by atoms with Gasteiger partial charge in [0.25, 0.3) is 0 Å². The highest BCUT2D eigenvalue weighted by Gasteiger charge is 2.33. The van der Waals surface area contributed by atoms with Gasteiger partial charge in [0.2, 0.25) is 0 Å². The van der Waals surface area contributed by atoms with E-state index in [1.54, 1.807) is 7.11 Å². The van der Waals surface area contributed by atoms with Crippen LogP contribution in [0.2, 0.25) is 0 Å². The first-order chi connectivity index (χ1) is 11.1. The summed E-state index contributed by atoms with van der Waals surface area (Å²) < 4.78 is 5.49. The number of phenolic OH excluding ortho intramolecular Hbond substituents is 1. The number of fused-ring (bicyclic) bond motifs is 4. The summed E-state index contributed by atoms with van der Waals surface area (Å²) in [4.78, 5) is 2.56. The summed E-state index contributed by atoms with van der Waals surface area (Å²) in [5, 5.41) is 9.99. The Kier molecular flexibility index (Phi) is 3.34. The molecule has 2 heterocycles. The Morgan fingerprint density at radius 3 is 2.78 bits per heavy atom. The molecular formula is C20H23NO2. The third-order valence-corrected chi connectivity index (χ3v) is 5.57. The van der Waals surface area contributed by atoms with E-state index in [2.05, 4.69) is 30.0 Å². The number of benzene rings is 2. The third-order valence-electron chi connectivity index (χ3n) is 5.57. The van der Waals surface area contributed by atoms with Crippen LogP contribution in [0.4, 0.5) is 0 Å². The lowest BCUT2D eigenvalue weighted by atomic mass is 9.82. The first kappa shape index (κ1) is 14.6. The van der Waals surface area contributed by atoms with Crippen molar-refractivity contribution in [3.8, 4) is 11.5 Å². The fourth-order valence-electron chi connectivity index (χ4n) is 4.17.